The molecule has 0 unspecified atom stereocenters. The first-order chi connectivity index (χ1) is 16.7. The largest absolute Gasteiger partial charge is 0.495 e. The number of aromatic nitrogens is 2. The van der Waals surface area contributed by atoms with E-state index in [4.69, 9.17) is 4.74 Å². The molecule has 0 aliphatic carbocycles. The van der Waals surface area contributed by atoms with Crippen molar-refractivity contribution < 1.29 is 32.2 Å². The minimum absolute atomic E-state index is 0.269. The predicted octanol–water partition coefficient (Wildman–Crippen LogP) is 4.04. The number of rotatable bonds is 9. The van der Waals surface area contributed by atoms with E-state index in [1.54, 1.807) is 18.5 Å². The van der Waals surface area contributed by atoms with E-state index in [9.17, 15) is 22.8 Å². The van der Waals surface area contributed by atoms with E-state index in [0.717, 1.165) is 16.9 Å². The summed E-state index contributed by atoms with van der Waals surface area (Å²) in [4.78, 5) is 27.9. The summed E-state index contributed by atoms with van der Waals surface area (Å²) >= 11 is 0. The Morgan fingerprint density at radius 3 is 2.51 bits per heavy atom. The monoisotopic (exact) mass is 487 g/mol. The van der Waals surface area contributed by atoms with E-state index in [1.807, 2.05) is 60.2 Å². The molecule has 10 heteroatoms. The van der Waals surface area contributed by atoms with Crippen LogP contribution in [0.15, 0.2) is 66.6 Å². The summed E-state index contributed by atoms with van der Waals surface area (Å²) < 4.78 is 48.3. The lowest BCUT2D eigenvalue weighted by molar-refractivity contribution is -0.199. The number of amides is 1. The third-order valence-electron chi connectivity index (χ3n) is 4.92. The summed E-state index contributed by atoms with van der Waals surface area (Å²) in [5.74, 6) is -2.23. The topological polar surface area (TPSA) is 82.5 Å². The third kappa shape index (κ3) is 7.20. The van der Waals surface area contributed by atoms with Gasteiger partial charge in [0.05, 0.1) is 31.4 Å². The van der Waals surface area contributed by atoms with Crippen molar-refractivity contribution >= 4 is 18.0 Å². The van der Waals surface area contributed by atoms with Gasteiger partial charge in [-0.05, 0) is 36.3 Å². The molecule has 1 heterocycles. The van der Waals surface area contributed by atoms with Gasteiger partial charge in [-0.1, -0.05) is 36.4 Å². The Balaban J connectivity index is 1.80. The minimum Gasteiger partial charge on any atom is -0.495 e. The van der Waals surface area contributed by atoms with Gasteiger partial charge >= 0.3 is 12.1 Å². The average Bonchev–Trinajstić information content (AvgIpc) is 3.27. The number of alkyl halides is 3. The number of halogens is 3. The summed E-state index contributed by atoms with van der Waals surface area (Å²) in [6, 6.07) is 14.7. The molecule has 0 fully saturated rings. The molecule has 1 aromatic heterocycles. The zero-order valence-corrected chi connectivity index (χ0v) is 19.1. The van der Waals surface area contributed by atoms with E-state index in [2.05, 4.69) is 15.0 Å². The van der Waals surface area contributed by atoms with Crippen molar-refractivity contribution in [3.05, 3.63) is 83.4 Å². The fourth-order valence-electron chi connectivity index (χ4n) is 3.27. The van der Waals surface area contributed by atoms with Gasteiger partial charge in [-0.2, -0.15) is 13.2 Å². The molecule has 0 saturated carbocycles. The molecule has 35 heavy (non-hydrogen) atoms. The number of esters is 1. The molecule has 0 spiro atoms. The number of hydrogen-bond acceptors (Lipinski definition) is 5. The standard InChI is InChI=1S/C25H24F3N3O4/c1-17-15-31(16-30-17)21-9-8-19(14-22(21)34-2)13-20(12-18-6-4-3-5-7-18)23(32)29-10-11-35-24(33)25(26,27)28/h3-9,13-16H,10-12H2,1-2H3,(H,29,32)/b20-13+. The molecular weight excluding hydrogens is 463 g/mol. The number of carbonyl (C=O) groups excluding carboxylic acids is 2. The maximum absolute atomic E-state index is 12.9. The second kappa shape index (κ2) is 11.4. The second-order valence-corrected chi connectivity index (χ2v) is 7.58. The van der Waals surface area contributed by atoms with Crippen LogP contribution in [0.25, 0.3) is 11.8 Å². The molecule has 0 atom stereocenters. The summed E-state index contributed by atoms with van der Waals surface area (Å²) in [5, 5.41) is 2.50. The first kappa shape index (κ1) is 25.5. The number of imidazole rings is 1. The third-order valence-corrected chi connectivity index (χ3v) is 4.92. The molecule has 3 aromatic rings. The van der Waals surface area contributed by atoms with Crippen LogP contribution in [0.1, 0.15) is 16.8 Å². The number of methoxy groups -OCH3 is 1. The first-order valence-corrected chi connectivity index (χ1v) is 10.6. The SMILES string of the molecule is COc1cc(/C=C(\Cc2ccccc2)C(=O)NCCOC(=O)C(F)(F)F)ccc1-n1cnc(C)c1. The number of nitrogens with zero attached hydrogens (tertiary/aromatic N) is 2. The molecule has 0 aliphatic heterocycles. The highest BCUT2D eigenvalue weighted by molar-refractivity contribution is 5.98. The number of aryl methyl sites for hydroxylation is 1. The van der Waals surface area contributed by atoms with Crippen LogP contribution in [0, 0.1) is 6.92 Å². The van der Waals surface area contributed by atoms with Crippen molar-refractivity contribution in [2.75, 3.05) is 20.3 Å². The molecule has 7 nitrogen and oxygen atoms in total. The fourth-order valence-corrected chi connectivity index (χ4v) is 3.27. The second-order valence-electron chi connectivity index (χ2n) is 7.58. The predicted molar refractivity (Wildman–Crippen MR) is 123 cm³/mol. The van der Waals surface area contributed by atoms with E-state index < -0.39 is 24.7 Å². The number of benzene rings is 2. The van der Waals surface area contributed by atoms with Crippen molar-refractivity contribution in [3.63, 3.8) is 0 Å². The van der Waals surface area contributed by atoms with Crippen LogP contribution in [0.4, 0.5) is 13.2 Å². The van der Waals surface area contributed by atoms with E-state index in [0.29, 0.717) is 16.9 Å². The Morgan fingerprint density at radius 1 is 1.14 bits per heavy atom. The van der Waals surface area contributed by atoms with Gasteiger partial charge in [0.2, 0.25) is 5.91 Å². The summed E-state index contributed by atoms with van der Waals surface area (Å²) in [7, 11) is 1.54. The van der Waals surface area contributed by atoms with E-state index in [1.165, 1.54) is 7.11 Å². The minimum atomic E-state index is -5.08. The molecule has 0 bridgehead atoms. The number of nitrogens with one attached hydrogen (secondary N) is 1. The van der Waals surface area contributed by atoms with Crippen LogP contribution in [0.3, 0.4) is 0 Å². The van der Waals surface area contributed by atoms with E-state index >= 15 is 0 Å². The Labute approximate surface area is 200 Å². The summed E-state index contributed by atoms with van der Waals surface area (Å²) in [6.45, 7) is 1.00. The van der Waals surface area contributed by atoms with Gasteiger partial charge in [0.25, 0.3) is 0 Å². The normalized spacial score (nSPS) is 11.7. The average molecular weight is 487 g/mol. The van der Waals surface area contributed by atoms with Gasteiger partial charge in [0, 0.05) is 18.2 Å². The van der Waals surface area contributed by atoms with Crippen LogP contribution >= 0.6 is 0 Å². The van der Waals surface area contributed by atoms with Gasteiger partial charge < -0.3 is 19.4 Å². The Kier molecular flexibility index (Phi) is 8.30. The number of hydrogen-bond donors (Lipinski definition) is 1. The first-order valence-electron chi connectivity index (χ1n) is 10.6. The fraction of sp³-hybridized carbons (Fsp3) is 0.240. The molecule has 184 valence electrons. The van der Waals surface area contributed by atoms with Gasteiger partial charge in [-0.3, -0.25) is 4.79 Å². The van der Waals surface area contributed by atoms with Crippen LogP contribution in [0.5, 0.6) is 5.75 Å². The van der Waals surface area contributed by atoms with Gasteiger partial charge in [-0.25, -0.2) is 9.78 Å². The summed E-state index contributed by atoms with van der Waals surface area (Å²) in [6.07, 6.45) is 0.397. The van der Waals surface area contributed by atoms with Crippen LogP contribution in [-0.2, 0) is 20.7 Å². The highest BCUT2D eigenvalue weighted by atomic mass is 19.4. The molecule has 1 amide bonds. The highest BCUT2D eigenvalue weighted by Gasteiger charge is 2.40. The van der Waals surface area contributed by atoms with Crippen molar-refractivity contribution in [2.24, 2.45) is 0 Å². The summed E-state index contributed by atoms with van der Waals surface area (Å²) in [5.41, 5.74) is 3.54. The number of ether oxygens (including phenoxy) is 2. The lowest BCUT2D eigenvalue weighted by Gasteiger charge is -2.13. The van der Waals surface area contributed by atoms with Gasteiger partial charge in [0.15, 0.2) is 0 Å². The molecule has 2 aromatic carbocycles. The zero-order valence-electron chi connectivity index (χ0n) is 19.1. The van der Waals surface area contributed by atoms with Crippen molar-refractivity contribution in [1.29, 1.82) is 0 Å². The van der Waals surface area contributed by atoms with E-state index in [-0.39, 0.29) is 13.0 Å². The maximum atomic E-state index is 12.9. The quantitative estimate of drug-likeness (QED) is 0.280. The molecular formula is C25H24F3N3O4. The molecule has 0 aliphatic rings. The number of carbonyl (C=O) groups is 2. The molecule has 3 rings (SSSR count). The molecule has 0 radical (unpaired) electrons. The highest BCUT2D eigenvalue weighted by Crippen LogP contribution is 2.26. The van der Waals surface area contributed by atoms with Crippen LogP contribution < -0.4 is 10.1 Å². The Bertz CT molecular complexity index is 1200. The van der Waals surface area contributed by atoms with Gasteiger partial charge in [-0.15, -0.1) is 0 Å². The maximum Gasteiger partial charge on any atom is 0.490 e. The van der Waals surface area contributed by atoms with Gasteiger partial charge in [0.1, 0.15) is 12.4 Å². The van der Waals surface area contributed by atoms with Crippen molar-refractivity contribution in [1.82, 2.24) is 14.9 Å². The molecule has 1 N–H and O–H groups in total. The van der Waals surface area contributed by atoms with Crippen molar-refractivity contribution in [2.45, 2.75) is 19.5 Å². The smallest absolute Gasteiger partial charge is 0.490 e. The zero-order chi connectivity index (χ0) is 25.4. The van der Waals surface area contributed by atoms with Crippen LogP contribution in [0.2, 0.25) is 0 Å². The Morgan fingerprint density at radius 2 is 1.89 bits per heavy atom. The lowest BCUT2D eigenvalue weighted by Crippen LogP contribution is -2.32. The molecule has 0 saturated heterocycles. The van der Waals surface area contributed by atoms with Crippen molar-refractivity contribution in [3.8, 4) is 11.4 Å². The lowest BCUT2D eigenvalue weighted by atomic mass is 10.0. The Hall–Kier alpha value is -4.08. The van der Waals surface area contributed by atoms with Crippen LogP contribution in [-0.4, -0.2) is 47.9 Å².